The maximum absolute atomic E-state index is 11.3. The minimum Gasteiger partial charge on any atom is -0.487 e. The average molecular weight is 429 g/mol. The predicted molar refractivity (Wildman–Crippen MR) is 108 cm³/mol. The van der Waals surface area contributed by atoms with Gasteiger partial charge in [0.05, 0.1) is 18.3 Å². The number of esters is 1. The van der Waals surface area contributed by atoms with Crippen LogP contribution in [0.2, 0.25) is 0 Å². The van der Waals surface area contributed by atoms with Gasteiger partial charge in [0.25, 0.3) is 0 Å². The number of carbonyl (C=O) groups is 1. The molecule has 0 saturated heterocycles. The van der Waals surface area contributed by atoms with Crippen molar-refractivity contribution in [1.82, 2.24) is 9.97 Å². The monoisotopic (exact) mass is 428 g/mol. The molecule has 140 valence electrons. The van der Waals surface area contributed by atoms with Crippen molar-refractivity contribution in [3.63, 3.8) is 0 Å². The summed E-state index contributed by atoms with van der Waals surface area (Å²) in [5.41, 5.74) is 3.90. The van der Waals surface area contributed by atoms with Crippen LogP contribution in [0, 0.1) is 0 Å². The lowest BCUT2D eigenvalue weighted by Gasteiger charge is -2.09. The van der Waals surface area contributed by atoms with Gasteiger partial charge >= 0.3 is 5.97 Å². The fraction of sp³-hybridized carbons (Fsp3) is 0.286. The summed E-state index contributed by atoms with van der Waals surface area (Å²) >= 11 is 3.49. The third-order valence-corrected chi connectivity index (χ3v) is 5.01. The van der Waals surface area contributed by atoms with E-state index in [9.17, 15) is 4.79 Å². The maximum atomic E-state index is 11.3. The molecular formula is C21H21BrN2O3. The Kier molecular flexibility index (Phi) is 6.40. The highest BCUT2D eigenvalue weighted by Gasteiger charge is 2.09. The minimum atomic E-state index is -0.230. The number of hydrogen-bond acceptors (Lipinski definition) is 5. The lowest BCUT2D eigenvalue weighted by Crippen LogP contribution is -2.03. The van der Waals surface area contributed by atoms with Crippen molar-refractivity contribution in [2.45, 2.75) is 32.8 Å². The Morgan fingerprint density at radius 1 is 1.19 bits per heavy atom. The Labute approximate surface area is 166 Å². The molecule has 0 bridgehead atoms. The fourth-order valence-electron chi connectivity index (χ4n) is 2.68. The Morgan fingerprint density at radius 3 is 2.74 bits per heavy atom. The van der Waals surface area contributed by atoms with Crippen molar-refractivity contribution in [2.24, 2.45) is 0 Å². The van der Waals surface area contributed by atoms with Crippen LogP contribution in [0.3, 0.4) is 0 Å². The molecule has 2 aromatic heterocycles. The second-order valence-electron chi connectivity index (χ2n) is 6.17. The molecule has 3 rings (SSSR count). The number of benzene rings is 1. The summed E-state index contributed by atoms with van der Waals surface area (Å²) in [4.78, 5) is 20.3. The van der Waals surface area contributed by atoms with E-state index in [1.807, 2.05) is 36.5 Å². The summed E-state index contributed by atoms with van der Waals surface area (Å²) in [6.45, 7) is 2.52. The average Bonchev–Trinajstić information content (AvgIpc) is 2.70. The number of aryl methyl sites for hydroxylation is 2. The summed E-state index contributed by atoms with van der Waals surface area (Å²) in [5.74, 6) is 0.511. The molecule has 3 aromatic rings. The molecule has 6 heteroatoms. The van der Waals surface area contributed by atoms with Crippen LogP contribution in [-0.2, 0) is 29.0 Å². The number of hydrogen-bond donors (Lipinski definition) is 0. The van der Waals surface area contributed by atoms with Gasteiger partial charge in [-0.05, 0) is 64.2 Å². The number of ether oxygens (including phenoxy) is 2. The first-order valence-corrected chi connectivity index (χ1v) is 9.61. The van der Waals surface area contributed by atoms with Gasteiger partial charge in [-0.3, -0.25) is 9.78 Å². The fourth-order valence-corrected chi connectivity index (χ4v) is 3.18. The summed E-state index contributed by atoms with van der Waals surface area (Å²) in [6.07, 6.45) is 3.76. The van der Waals surface area contributed by atoms with Gasteiger partial charge in [-0.1, -0.05) is 13.0 Å². The Balaban J connectivity index is 1.71. The van der Waals surface area contributed by atoms with E-state index in [0.717, 1.165) is 38.9 Å². The van der Waals surface area contributed by atoms with Gasteiger partial charge < -0.3 is 9.47 Å². The summed E-state index contributed by atoms with van der Waals surface area (Å²) in [5, 5.41) is 0.996. The van der Waals surface area contributed by atoms with Crippen molar-refractivity contribution in [3.8, 4) is 5.75 Å². The number of methoxy groups -OCH3 is 1. The quantitative estimate of drug-likeness (QED) is 0.405. The molecule has 0 amide bonds. The first kappa shape index (κ1) is 19.3. The SMILES string of the molecule is CCc1ccc(COc2ccc3cc(CCC(=O)OC)c(Br)nc3c2)nc1. The smallest absolute Gasteiger partial charge is 0.305 e. The molecule has 0 N–H and O–H groups in total. The van der Waals surface area contributed by atoms with Gasteiger partial charge in [-0.2, -0.15) is 0 Å². The van der Waals surface area contributed by atoms with Crippen LogP contribution in [0.5, 0.6) is 5.75 Å². The Morgan fingerprint density at radius 2 is 2.04 bits per heavy atom. The van der Waals surface area contributed by atoms with Crippen molar-refractivity contribution in [3.05, 3.63) is 64.0 Å². The molecular weight excluding hydrogens is 408 g/mol. The molecule has 2 heterocycles. The van der Waals surface area contributed by atoms with E-state index in [2.05, 4.69) is 38.9 Å². The third kappa shape index (κ3) is 5.04. The predicted octanol–water partition coefficient (Wildman–Crippen LogP) is 4.64. The van der Waals surface area contributed by atoms with Crippen molar-refractivity contribution >= 4 is 32.8 Å². The van der Waals surface area contributed by atoms with E-state index < -0.39 is 0 Å². The molecule has 0 aliphatic carbocycles. The zero-order valence-electron chi connectivity index (χ0n) is 15.4. The molecule has 0 aliphatic heterocycles. The van der Waals surface area contributed by atoms with Gasteiger partial charge in [0, 0.05) is 24.1 Å². The molecule has 0 unspecified atom stereocenters. The van der Waals surface area contributed by atoms with Crippen molar-refractivity contribution in [1.29, 1.82) is 0 Å². The summed E-state index contributed by atoms with van der Waals surface area (Å²) in [6, 6.07) is 11.9. The van der Waals surface area contributed by atoms with Crippen LogP contribution >= 0.6 is 15.9 Å². The van der Waals surface area contributed by atoms with Crippen LogP contribution in [-0.4, -0.2) is 23.0 Å². The molecule has 27 heavy (non-hydrogen) atoms. The van der Waals surface area contributed by atoms with Crippen LogP contribution in [0.1, 0.15) is 30.2 Å². The van der Waals surface area contributed by atoms with Gasteiger partial charge in [-0.25, -0.2) is 4.98 Å². The minimum absolute atomic E-state index is 0.230. The maximum Gasteiger partial charge on any atom is 0.305 e. The standard InChI is InChI=1S/C21H21BrN2O3/c1-3-14-4-7-17(23-12-14)13-27-18-8-5-15-10-16(6-9-20(25)26-2)21(22)24-19(15)11-18/h4-5,7-8,10-12H,3,6,9,13H2,1-2H3. The molecule has 0 aliphatic rings. The van der Waals surface area contributed by atoms with E-state index in [4.69, 9.17) is 9.47 Å². The van der Waals surface area contributed by atoms with Gasteiger partial charge in [-0.15, -0.1) is 0 Å². The topological polar surface area (TPSA) is 61.3 Å². The molecule has 0 fully saturated rings. The number of aromatic nitrogens is 2. The molecule has 0 saturated carbocycles. The normalized spacial score (nSPS) is 10.8. The molecule has 5 nitrogen and oxygen atoms in total. The lowest BCUT2D eigenvalue weighted by atomic mass is 10.1. The first-order valence-electron chi connectivity index (χ1n) is 8.81. The molecule has 0 radical (unpaired) electrons. The van der Waals surface area contributed by atoms with E-state index >= 15 is 0 Å². The third-order valence-electron chi connectivity index (χ3n) is 4.32. The number of halogens is 1. The molecule has 1 aromatic carbocycles. The summed E-state index contributed by atoms with van der Waals surface area (Å²) in [7, 11) is 1.39. The number of rotatable bonds is 7. The second-order valence-corrected chi connectivity index (χ2v) is 6.92. The van der Waals surface area contributed by atoms with Crippen LogP contribution in [0.15, 0.2) is 47.2 Å². The highest BCUT2D eigenvalue weighted by molar-refractivity contribution is 9.10. The van der Waals surface area contributed by atoms with Gasteiger partial charge in [0.2, 0.25) is 0 Å². The van der Waals surface area contributed by atoms with Gasteiger partial charge in [0.1, 0.15) is 17.0 Å². The van der Waals surface area contributed by atoms with Gasteiger partial charge in [0.15, 0.2) is 0 Å². The Hall–Kier alpha value is -2.47. The zero-order chi connectivity index (χ0) is 19.2. The number of carbonyl (C=O) groups excluding carboxylic acids is 1. The van der Waals surface area contributed by atoms with Crippen LogP contribution in [0.25, 0.3) is 10.9 Å². The number of fused-ring (bicyclic) bond motifs is 1. The van der Waals surface area contributed by atoms with Crippen LogP contribution < -0.4 is 4.74 Å². The molecule has 0 spiro atoms. The zero-order valence-corrected chi connectivity index (χ0v) is 17.0. The van der Waals surface area contributed by atoms with E-state index in [1.165, 1.54) is 12.7 Å². The van der Waals surface area contributed by atoms with Crippen molar-refractivity contribution in [2.75, 3.05) is 7.11 Å². The highest BCUT2D eigenvalue weighted by Crippen LogP contribution is 2.26. The number of nitrogens with zero attached hydrogens (tertiary/aromatic N) is 2. The van der Waals surface area contributed by atoms with Crippen LogP contribution in [0.4, 0.5) is 0 Å². The summed E-state index contributed by atoms with van der Waals surface area (Å²) < 4.78 is 11.3. The van der Waals surface area contributed by atoms with E-state index in [1.54, 1.807) is 0 Å². The van der Waals surface area contributed by atoms with Crippen molar-refractivity contribution < 1.29 is 14.3 Å². The first-order chi connectivity index (χ1) is 13.1. The largest absolute Gasteiger partial charge is 0.487 e. The van der Waals surface area contributed by atoms with E-state index in [0.29, 0.717) is 19.4 Å². The lowest BCUT2D eigenvalue weighted by molar-refractivity contribution is -0.140. The van der Waals surface area contributed by atoms with E-state index in [-0.39, 0.29) is 5.97 Å². The second kappa shape index (κ2) is 8.95. The Bertz CT molecular complexity index is 942. The number of pyridine rings is 2. The molecule has 0 atom stereocenters. The highest BCUT2D eigenvalue weighted by atomic mass is 79.9.